The van der Waals surface area contributed by atoms with Crippen LogP contribution in [0.5, 0.6) is 0 Å². The summed E-state index contributed by atoms with van der Waals surface area (Å²) >= 11 is 1.97. The highest BCUT2D eigenvalue weighted by Crippen LogP contribution is 2.25. The molecule has 0 fully saturated rings. The van der Waals surface area contributed by atoms with Gasteiger partial charge in [0.2, 0.25) is 0 Å². The second kappa shape index (κ2) is 11.1. The first-order valence-electron chi connectivity index (χ1n) is 7.88. The lowest BCUT2D eigenvalue weighted by Gasteiger charge is -2.14. The number of nitrogens with one attached hydrogen (secondary N) is 1. The molecule has 0 bridgehead atoms. The first-order chi connectivity index (χ1) is 13.1. The summed E-state index contributed by atoms with van der Waals surface area (Å²) in [7, 11) is 1.47. The van der Waals surface area contributed by atoms with Crippen molar-refractivity contribution in [2.45, 2.75) is 13.0 Å². The van der Waals surface area contributed by atoms with Gasteiger partial charge in [-0.05, 0) is 47.7 Å². The van der Waals surface area contributed by atoms with Crippen LogP contribution in [-0.4, -0.2) is 45.2 Å². The van der Waals surface area contributed by atoms with Crippen LogP contribution in [0.1, 0.15) is 15.9 Å². The number of halogens is 2. The van der Waals surface area contributed by atoms with E-state index in [2.05, 4.69) is 16.1 Å². The highest BCUT2D eigenvalue weighted by molar-refractivity contribution is 14.1. The van der Waals surface area contributed by atoms with E-state index in [1.54, 1.807) is 6.07 Å². The largest absolute Gasteiger partial charge is 0.478 e. The molecular formula is C17H21FIN3O6. The molecule has 0 aliphatic carbocycles. The minimum atomic E-state index is -1.19. The van der Waals surface area contributed by atoms with Gasteiger partial charge in [0, 0.05) is 22.4 Å². The number of aromatic carboxylic acids is 1. The molecule has 154 valence electrons. The van der Waals surface area contributed by atoms with E-state index >= 15 is 0 Å². The second-order valence-corrected chi connectivity index (χ2v) is 6.93. The molecular weight excluding hydrogens is 488 g/mol. The number of aromatic nitrogens is 1. The van der Waals surface area contributed by atoms with Crippen molar-refractivity contribution in [2.24, 2.45) is 12.9 Å². The van der Waals surface area contributed by atoms with Crippen LogP contribution in [0, 0.1) is 16.3 Å². The van der Waals surface area contributed by atoms with Crippen molar-refractivity contribution in [3.05, 3.63) is 55.3 Å². The number of aryl methyl sites for hydroxylation is 1. The number of nitrogens with zero attached hydrogens (tertiary/aromatic N) is 1. The minimum absolute atomic E-state index is 0.0174. The van der Waals surface area contributed by atoms with Crippen molar-refractivity contribution in [1.29, 1.82) is 0 Å². The summed E-state index contributed by atoms with van der Waals surface area (Å²) in [6, 6.07) is 4.50. The Bertz CT molecular complexity index is 890. The van der Waals surface area contributed by atoms with Gasteiger partial charge in [0.1, 0.15) is 11.9 Å². The number of carboxylic acids is 1. The maximum Gasteiger partial charge on any atom is 0.339 e. The lowest BCUT2D eigenvalue weighted by molar-refractivity contribution is 0.00574. The van der Waals surface area contributed by atoms with Crippen LogP contribution >= 0.6 is 22.6 Å². The van der Waals surface area contributed by atoms with Gasteiger partial charge in [0.25, 0.3) is 5.56 Å². The molecule has 0 amide bonds. The Kier molecular flexibility index (Phi) is 9.48. The van der Waals surface area contributed by atoms with Crippen molar-refractivity contribution in [3.8, 4) is 0 Å². The van der Waals surface area contributed by atoms with Crippen LogP contribution in [-0.2, 0) is 11.9 Å². The van der Waals surface area contributed by atoms with Crippen LogP contribution in [0.2, 0.25) is 0 Å². The van der Waals surface area contributed by atoms with E-state index in [0.29, 0.717) is 0 Å². The van der Waals surface area contributed by atoms with E-state index in [0.717, 1.165) is 3.57 Å². The monoisotopic (exact) mass is 509 g/mol. The van der Waals surface area contributed by atoms with Crippen molar-refractivity contribution in [1.82, 2.24) is 4.57 Å². The lowest BCUT2D eigenvalue weighted by Crippen LogP contribution is -2.23. The van der Waals surface area contributed by atoms with E-state index in [1.807, 2.05) is 22.6 Å². The van der Waals surface area contributed by atoms with E-state index in [-0.39, 0.29) is 41.3 Å². The maximum atomic E-state index is 13.9. The highest BCUT2D eigenvalue weighted by Gasteiger charge is 2.17. The number of carboxylic acid groups (broad SMARTS) is 1. The molecule has 0 spiro atoms. The third-order valence-electron chi connectivity index (χ3n) is 3.53. The Labute approximate surface area is 173 Å². The molecule has 0 aliphatic heterocycles. The number of pyridine rings is 1. The van der Waals surface area contributed by atoms with Gasteiger partial charge in [0.05, 0.1) is 30.2 Å². The van der Waals surface area contributed by atoms with Crippen LogP contribution < -0.4 is 16.8 Å². The number of benzene rings is 1. The van der Waals surface area contributed by atoms with E-state index < -0.39 is 17.9 Å². The number of anilines is 2. The first-order valence-corrected chi connectivity index (χ1v) is 8.96. The number of hydrogen-bond donors (Lipinski definition) is 5. The molecule has 1 atom stereocenters. The average Bonchev–Trinajstić information content (AvgIpc) is 2.64. The van der Waals surface area contributed by atoms with Gasteiger partial charge >= 0.3 is 5.97 Å². The Morgan fingerprint density at radius 3 is 2.57 bits per heavy atom. The number of rotatable bonds is 6. The summed E-state index contributed by atoms with van der Waals surface area (Å²) in [6.07, 6.45) is 0.370. The number of carbonyl (C=O) groups is 1. The SMILES string of the molecule is Cc1c(Nc2ccc(I)cc2F)c(C(=O)O)cn(C)c1=O.NOCC(O)CO. The van der Waals surface area contributed by atoms with Gasteiger partial charge in [-0.15, -0.1) is 0 Å². The van der Waals surface area contributed by atoms with Gasteiger partial charge in [-0.25, -0.2) is 15.1 Å². The normalized spacial score (nSPS) is 11.4. The number of nitrogens with two attached hydrogens (primary N) is 1. The molecule has 1 heterocycles. The molecule has 0 aliphatic rings. The summed E-state index contributed by atoms with van der Waals surface area (Å²) in [6.45, 7) is 1.18. The lowest BCUT2D eigenvalue weighted by atomic mass is 10.1. The zero-order valence-electron chi connectivity index (χ0n) is 15.1. The number of hydrogen-bond acceptors (Lipinski definition) is 7. The summed E-state index contributed by atoms with van der Waals surface area (Å²) in [5.74, 6) is 2.83. The van der Waals surface area contributed by atoms with E-state index in [4.69, 9.17) is 10.2 Å². The topological polar surface area (TPSA) is 147 Å². The Morgan fingerprint density at radius 1 is 1.46 bits per heavy atom. The predicted molar refractivity (Wildman–Crippen MR) is 109 cm³/mol. The zero-order chi connectivity index (χ0) is 21.4. The first kappa shape index (κ1) is 24.0. The van der Waals surface area contributed by atoms with Crippen LogP contribution in [0.15, 0.2) is 29.2 Å². The summed E-state index contributed by atoms with van der Waals surface area (Å²) in [4.78, 5) is 27.2. The third-order valence-corrected chi connectivity index (χ3v) is 4.20. The summed E-state index contributed by atoms with van der Waals surface area (Å²) in [5, 5.41) is 28.4. The molecule has 0 saturated heterocycles. The van der Waals surface area contributed by atoms with Gasteiger partial charge in [-0.1, -0.05) is 0 Å². The number of aliphatic hydroxyl groups is 2. The third kappa shape index (κ3) is 6.53. The fourth-order valence-corrected chi connectivity index (χ4v) is 2.56. The van der Waals surface area contributed by atoms with Crippen molar-refractivity contribution in [3.63, 3.8) is 0 Å². The Hall–Kier alpha value is -2.06. The van der Waals surface area contributed by atoms with Crippen molar-refractivity contribution < 1.29 is 29.3 Å². The fraction of sp³-hybridized carbons (Fsp3) is 0.294. The average molecular weight is 509 g/mol. The quantitative estimate of drug-likeness (QED) is 0.288. The molecule has 2 rings (SSSR count). The number of aliphatic hydroxyl groups excluding tert-OH is 2. The smallest absolute Gasteiger partial charge is 0.339 e. The van der Waals surface area contributed by atoms with Crippen molar-refractivity contribution in [2.75, 3.05) is 18.5 Å². The Balaban J connectivity index is 0.000000480. The van der Waals surface area contributed by atoms with E-state index in [9.17, 15) is 19.1 Å². The molecule has 1 unspecified atom stereocenters. The van der Waals surface area contributed by atoms with Gasteiger partial charge < -0.3 is 30.0 Å². The summed E-state index contributed by atoms with van der Waals surface area (Å²) in [5.41, 5.74) is 0.0105. The van der Waals surface area contributed by atoms with Crippen LogP contribution in [0.3, 0.4) is 0 Å². The highest BCUT2D eigenvalue weighted by atomic mass is 127. The van der Waals surface area contributed by atoms with Crippen LogP contribution in [0.25, 0.3) is 0 Å². The molecule has 1 aromatic carbocycles. The molecule has 6 N–H and O–H groups in total. The fourth-order valence-electron chi connectivity index (χ4n) is 2.10. The molecule has 0 radical (unpaired) electrons. The van der Waals surface area contributed by atoms with Gasteiger partial charge in [-0.2, -0.15) is 0 Å². The minimum Gasteiger partial charge on any atom is -0.478 e. The van der Waals surface area contributed by atoms with Crippen LogP contribution in [0.4, 0.5) is 15.8 Å². The maximum absolute atomic E-state index is 13.9. The van der Waals surface area contributed by atoms with Crippen molar-refractivity contribution >= 4 is 39.9 Å². The standard InChI is InChI=1S/C14H12FIN2O3.C3H9NO3/c1-7-12(9(14(20)21)6-18(2)13(7)19)17-11-4-3-8(16)5-10(11)15;4-7-2-3(6)1-5/h3-6,17H,1-2H3,(H,20,21);3,5-6H,1-2,4H2. The van der Waals surface area contributed by atoms with Gasteiger partial charge in [0.15, 0.2) is 0 Å². The molecule has 11 heteroatoms. The second-order valence-electron chi connectivity index (χ2n) is 5.68. The van der Waals surface area contributed by atoms with Gasteiger partial charge in [-0.3, -0.25) is 4.79 Å². The molecule has 28 heavy (non-hydrogen) atoms. The molecule has 1 aromatic heterocycles. The predicted octanol–water partition coefficient (Wildman–Crippen LogP) is 1.11. The molecule has 0 saturated carbocycles. The zero-order valence-corrected chi connectivity index (χ0v) is 17.3. The van der Waals surface area contributed by atoms with E-state index in [1.165, 1.54) is 36.9 Å². The Morgan fingerprint density at radius 2 is 2.11 bits per heavy atom. The molecule has 2 aromatic rings. The summed E-state index contributed by atoms with van der Waals surface area (Å²) < 4.78 is 15.8. The molecule has 9 nitrogen and oxygen atoms in total.